The summed E-state index contributed by atoms with van der Waals surface area (Å²) >= 11 is 0. The molecule has 9 heteroatoms. The zero-order valence-corrected chi connectivity index (χ0v) is 13.2. The maximum absolute atomic E-state index is 14.1. The van der Waals surface area contributed by atoms with E-state index in [2.05, 4.69) is 15.5 Å². The average molecular weight is 332 g/mol. The lowest BCUT2D eigenvalue weighted by atomic mass is 10.1. The van der Waals surface area contributed by atoms with Gasteiger partial charge in [0, 0.05) is 26.2 Å². The lowest BCUT2D eigenvalue weighted by molar-refractivity contribution is -0.133. The molecule has 0 unspecified atom stereocenters. The van der Waals surface area contributed by atoms with Gasteiger partial charge in [0.05, 0.1) is 5.56 Å². The van der Waals surface area contributed by atoms with Crippen LogP contribution in [0.25, 0.3) is 0 Å². The van der Waals surface area contributed by atoms with Gasteiger partial charge in [0.1, 0.15) is 18.7 Å². The molecule has 3 rings (SSSR count). The number of hydrogen-bond acceptors (Lipinski definition) is 5. The number of carbonyl (C=O) groups excluding carboxylic acids is 2. The Hall–Kier alpha value is -2.84. The molecule has 0 radical (unpaired) electrons. The summed E-state index contributed by atoms with van der Waals surface area (Å²) in [5.74, 6) is -0.945. The van der Waals surface area contributed by atoms with Crippen molar-refractivity contribution in [3.8, 4) is 0 Å². The van der Waals surface area contributed by atoms with Gasteiger partial charge in [-0.25, -0.2) is 9.07 Å². The highest BCUT2D eigenvalue weighted by atomic mass is 19.1. The van der Waals surface area contributed by atoms with Gasteiger partial charge in [-0.05, 0) is 29.0 Å². The lowest BCUT2D eigenvalue weighted by Gasteiger charge is -2.34. The molecule has 0 aliphatic carbocycles. The summed E-state index contributed by atoms with van der Waals surface area (Å²) in [6, 6.07) is 4.78. The number of halogens is 1. The second-order valence-corrected chi connectivity index (χ2v) is 5.62. The fourth-order valence-electron chi connectivity index (χ4n) is 2.63. The highest BCUT2D eigenvalue weighted by Crippen LogP contribution is 2.15. The summed E-state index contributed by atoms with van der Waals surface area (Å²) in [6.07, 6.45) is 1.37. The van der Waals surface area contributed by atoms with Gasteiger partial charge in [0.25, 0.3) is 5.91 Å². The van der Waals surface area contributed by atoms with Gasteiger partial charge in [0.15, 0.2) is 0 Å². The summed E-state index contributed by atoms with van der Waals surface area (Å²) in [5, 5.41) is 10.6. The third-order valence-corrected chi connectivity index (χ3v) is 4.03. The molecule has 1 saturated heterocycles. The fraction of sp³-hybridized carbons (Fsp3) is 0.400. The summed E-state index contributed by atoms with van der Waals surface area (Å²) in [5.41, 5.74) is 0.513. The maximum atomic E-state index is 14.1. The molecule has 2 amide bonds. The molecule has 0 bridgehead atoms. The molecule has 0 saturated carbocycles. The molecule has 126 valence electrons. The van der Waals surface area contributed by atoms with E-state index in [9.17, 15) is 14.0 Å². The predicted octanol–water partition coefficient (Wildman–Crippen LogP) is 0.105. The minimum atomic E-state index is -0.486. The Labute approximate surface area is 137 Å². The van der Waals surface area contributed by atoms with Crippen LogP contribution in [0, 0.1) is 12.7 Å². The van der Waals surface area contributed by atoms with Crippen molar-refractivity contribution in [3.05, 3.63) is 41.5 Å². The van der Waals surface area contributed by atoms with Crippen molar-refractivity contribution in [2.24, 2.45) is 0 Å². The molecule has 1 aromatic carbocycles. The fourth-order valence-corrected chi connectivity index (χ4v) is 2.63. The molecule has 1 aliphatic heterocycles. The highest BCUT2D eigenvalue weighted by Gasteiger charge is 2.26. The topological polar surface area (TPSA) is 84.2 Å². The Balaban J connectivity index is 1.59. The van der Waals surface area contributed by atoms with E-state index in [1.165, 1.54) is 17.1 Å². The monoisotopic (exact) mass is 332 g/mol. The van der Waals surface area contributed by atoms with Crippen LogP contribution in [0.4, 0.5) is 4.39 Å². The van der Waals surface area contributed by atoms with E-state index in [0.717, 1.165) is 0 Å². The number of tetrazole rings is 1. The number of benzene rings is 1. The van der Waals surface area contributed by atoms with E-state index in [1.807, 2.05) is 0 Å². The third-order valence-electron chi connectivity index (χ3n) is 4.03. The maximum Gasteiger partial charge on any atom is 0.256 e. The Morgan fingerprint density at radius 1 is 1.17 bits per heavy atom. The number of aromatic nitrogens is 4. The Morgan fingerprint density at radius 2 is 1.88 bits per heavy atom. The zero-order valence-electron chi connectivity index (χ0n) is 13.2. The second-order valence-electron chi connectivity index (χ2n) is 5.62. The summed E-state index contributed by atoms with van der Waals surface area (Å²) in [7, 11) is 0. The van der Waals surface area contributed by atoms with Crippen molar-refractivity contribution in [1.29, 1.82) is 0 Å². The van der Waals surface area contributed by atoms with E-state index in [4.69, 9.17) is 0 Å². The number of carbonyl (C=O) groups is 2. The molecule has 1 aliphatic rings. The van der Waals surface area contributed by atoms with E-state index in [1.54, 1.807) is 28.9 Å². The van der Waals surface area contributed by atoms with Gasteiger partial charge in [-0.15, -0.1) is 5.10 Å². The van der Waals surface area contributed by atoms with Crippen LogP contribution in [0.15, 0.2) is 24.5 Å². The SMILES string of the molecule is Cc1cccc(C(=O)N2CCN(C(=O)Cn3cnnn3)CC2)c1F. The largest absolute Gasteiger partial charge is 0.338 e. The molecule has 2 aromatic rings. The summed E-state index contributed by atoms with van der Waals surface area (Å²) < 4.78 is 15.4. The lowest BCUT2D eigenvalue weighted by Crippen LogP contribution is -2.51. The van der Waals surface area contributed by atoms with Crippen LogP contribution in [0.2, 0.25) is 0 Å². The third kappa shape index (κ3) is 3.24. The smallest absolute Gasteiger partial charge is 0.256 e. The quantitative estimate of drug-likeness (QED) is 0.796. The van der Waals surface area contributed by atoms with Crippen LogP contribution in [0.5, 0.6) is 0 Å². The molecular weight excluding hydrogens is 315 g/mol. The molecule has 1 aromatic heterocycles. The summed E-state index contributed by atoms with van der Waals surface area (Å²) in [6.45, 7) is 3.23. The number of piperazine rings is 1. The van der Waals surface area contributed by atoms with Gasteiger partial charge in [-0.3, -0.25) is 9.59 Å². The van der Waals surface area contributed by atoms with Crippen molar-refractivity contribution < 1.29 is 14.0 Å². The number of rotatable bonds is 3. The molecule has 0 spiro atoms. The van der Waals surface area contributed by atoms with Crippen molar-refractivity contribution in [2.75, 3.05) is 26.2 Å². The van der Waals surface area contributed by atoms with Crippen molar-refractivity contribution in [3.63, 3.8) is 0 Å². The van der Waals surface area contributed by atoms with Gasteiger partial charge < -0.3 is 9.80 Å². The van der Waals surface area contributed by atoms with Crippen LogP contribution < -0.4 is 0 Å². The number of hydrogen-bond donors (Lipinski definition) is 0. The van der Waals surface area contributed by atoms with Gasteiger partial charge in [-0.1, -0.05) is 12.1 Å². The molecule has 8 nitrogen and oxygen atoms in total. The molecule has 1 fully saturated rings. The molecule has 0 atom stereocenters. The minimum absolute atomic E-state index is 0.0630. The van der Waals surface area contributed by atoms with Crippen molar-refractivity contribution >= 4 is 11.8 Å². The normalized spacial score (nSPS) is 14.8. The zero-order chi connectivity index (χ0) is 17.1. The van der Waals surface area contributed by atoms with Gasteiger partial charge in [-0.2, -0.15) is 0 Å². The number of aryl methyl sites for hydroxylation is 1. The van der Waals surface area contributed by atoms with Crippen molar-refractivity contribution in [2.45, 2.75) is 13.5 Å². The molecule has 0 N–H and O–H groups in total. The second kappa shape index (κ2) is 6.73. The standard InChI is InChI=1S/C15H17FN6O2/c1-11-3-2-4-12(14(11)16)15(24)21-7-5-20(6-8-21)13(23)9-22-10-17-18-19-22/h2-4,10H,5-9H2,1H3. The van der Waals surface area contributed by atoms with Crippen LogP contribution in [-0.4, -0.2) is 68.0 Å². The Bertz CT molecular complexity index is 740. The van der Waals surface area contributed by atoms with E-state index >= 15 is 0 Å². The highest BCUT2D eigenvalue weighted by molar-refractivity contribution is 5.95. The summed E-state index contributed by atoms with van der Waals surface area (Å²) in [4.78, 5) is 27.8. The van der Waals surface area contributed by atoms with Crippen LogP contribution >= 0.6 is 0 Å². The number of nitrogens with zero attached hydrogens (tertiary/aromatic N) is 6. The van der Waals surface area contributed by atoms with Crippen molar-refractivity contribution in [1.82, 2.24) is 30.0 Å². The minimum Gasteiger partial charge on any atom is -0.338 e. The van der Waals surface area contributed by atoms with E-state index in [0.29, 0.717) is 31.7 Å². The first-order valence-electron chi connectivity index (χ1n) is 7.59. The first-order chi connectivity index (χ1) is 11.6. The number of amides is 2. The molecular formula is C15H17FN6O2. The van der Waals surface area contributed by atoms with Gasteiger partial charge in [0.2, 0.25) is 5.91 Å². The molecule has 24 heavy (non-hydrogen) atoms. The first kappa shape index (κ1) is 16.0. The predicted molar refractivity (Wildman–Crippen MR) is 81.4 cm³/mol. The Morgan fingerprint density at radius 3 is 2.54 bits per heavy atom. The first-order valence-corrected chi connectivity index (χ1v) is 7.59. The Kier molecular flexibility index (Phi) is 4.50. The van der Waals surface area contributed by atoms with Gasteiger partial charge >= 0.3 is 0 Å². The molecule has 2 heterocycles. The van der Waals surface area contributed by atoms with E-state index < -0.39 is 5.82 Å². The van der Waals surface area contributed by atoms with Crippen LogP contribution in [0.3, 0.4) is 0 Å². The van der Waals surface area contributed by atoms with Crippen LogP contribution in [0.1, 0.15) is 15.9 Å². The van der Waals surface area contributed by atoms with E-state index in [-0.39, 0.29) is 23.9 Å². The average Bonchev–Trinajstić information content (AvgIpc) is 3.10. The van der Waals surface area contributed by atoms with Crippen LogP contribution in [-0.2, 0) is 11.3 Å².